The van der Waals surface area contributed by atoms with E-state index >= 15 is 0 Å². The SMILES string of the molecule is BrCCCCCCOCCCCOCc1ccccc1. The Morgan fingerprint density at radius 3 is 2.00 bits per heavy atom. The molecule has 0 atom stereocenters. The van der Waals surface area contributed by atoms with Crippen LogP contribution in [0.5, 0.6) is 0 Å². The number of halogens is 1. The molecule has 0 aliphatic heterocycles. The molecule has 0 saturated carbocycles. The first kappa shape index (κ1) is 17.7. The van der Waals surface area contributed by atoms with Crippen LogP contribution in [0.4, 0.5) is 0 Å². The molecule has 0 N–H and O–H groups in total. The van der Waals surface area contributed by atoms with Gasteiger partial charge in [-0.25, -0.2) is 0 Å². The van der Waals surface area contributed by atoms with Gasteiger partial charge in [-0.3, -0.25) is 0 Å². The molecule has 20 heavy (non-hydrogen) atoms. The molecule has 0 aliphatic rings. The Morgan fingerprint density at radius 1 is 0.700 bits per heavy atom. The Morgan fingerprint density at radius 2 is 1.30 bits per heavy atom. The molecule has 0 saturated heterocycles. The van der Waals surface area contributed by atoms with E-state index in [0.717, 1.165) is 44.6 Å². The molecule has 0 fully saturated rings. The summed E-state index contributed by atoms with van der Waals surface area (Å²) < 4.78 is 11.2. The predicted octanol–water partition coefficient (Wildman–Crippen LogP) is 4.96. The summed E-state index contributed by atoms with van der Waals surface area (Å²) in [5.41, 5.74) is 1.24. The average molecular weight is 343 g/mol. The third kappa shape index (κ3) is 10.4. The molecule has 1 aromatic carbocycles. The molecule has 0 aromatic heterocycles. The summed E-state index contributed by atoms with van der Waals surface area (Å²) in [5, 5.41) is 1.12. The number of alkyl halides is 1. The Kier molecular flexibility index (Phi) is 12.0. The van der Waals surface area contributed by atoms with Gasteiger partial charge in [-0.2, -0.15) is 0 Å². The van der Waals surface area contributed by atoms with Gasteiger partial charge in [0.05, 0.1) is 6.61 Å². The van der Waals surface area contributed by atoms with Gasteiger partial charge in [0.2, 0.25) is 0 Å². The van der Waals surface area contributed by atoms with E-state index in [1.165, 1.54) is 31.2 Å². The van der Waals surface area contributed by atoms with Crippen LogP contribution in [0, 0.1) is 0 Å². The van der Waals surface area contributed by atoms with Crippen LogP contribution in [0.1, 0.15) is 44.1 Å². The van der Waals surface area contributed by atoms with Crippen LogP contribution in [0.25, 0.3) is 0 Å². The van der Waals surface area contributed by atoms with Crippen molar-refractivity contribution < 1.29 is 9.47 Å². The fourth-order valence-corrected chi connectivity index (χ4v) is 2.32. The van der Waals surface area contributed by atoms with Crippen molar-refractivity contribution in [2.45, 2.75) is 45.1 Å². The highest BCUT2D eigenvalue weighted by Gasteiger charge is 1.94. The first-order valence-corrected chi connectivity index (χ1v) is 8.81. The molecular formula is C17H27BrO2. The number of hydrogen-bond acceptors (Lipinski definition) is 2. The largest absolute Gasteiger partial charge is 0.381 e. The van der Waals surface area contributed by atoms with Crippen molar-refractivity contribution in [3.63, 3.8) is 0 Å². The molecule has 0 bridgehead atoms. The summed E-state index contributed by atoms with van der Waals surface area (Å²) in [6.45, 7) is 3.32. The number of unbranched alkanes of at least 4 members (excludes halogenated alkanes) is 4. The Balaban J connectivity index is 1.77. The van der Waals surface area contributed by atoms with E-state index < -0.39 is 0 Å². The standard InChI is InChI=1S/C17H27BrO2/c18-12-6-1-2-7-13-19-14-8-9-15-20-16-17-10-4-3-5-11-17/h3-5,10-11H,1-2,6-9,12-16H2. The maximum atomic E-state index is 5.63. The van der Waals surface area contributed by atoms with E-state index in [1.54, 1.807) is 0 Å². The van der Waals surface area contributed by atoms with E-state index in [1.807, 2.05) is 18.2 Å². The highest BCUT2D eigenvalue weighted by Crippen LogP contribution is 2.03. The molecule has 1 aromatic rings. The van der Waals surface area contributed by atoms with Crippen molar-refractivity contribution in [1.29, 1.82) is 0 Å². The molecule has 2 nitrogen and oxygen atoms in total. The van der Waals surface area contributed by atoms with Crippen LogP contribution in [0.15, 0.2) is 30.3 Å². The van der Waals surface area contributed by atoms with Crippen LogP contribution < -0.4 is 0 Å². The van der Waals surface area contributed by atoms with E-state index in [9.17, 15) is 0 Å². The van der Waals surface area contributed by atoms with Crippen LogP contribution >= 0.6 is 15.9 Å². The quantitative estimate of drug-likeness (QED) is 0.372. The highest BCUT2D eigenvalue weighted by atomic mass is 79.9. The van der Waals surface area contributed by atoms with Crippen LogP contribution in [0.3, 0.4) is 0 Å². The van der Waals surface area contributed by atoms with Gasteiger partial charge < -0.3 is 9.47 Å². The highest BCUT2D eigenvalue weighted by molar-refractivity contribution is 9.09. The Labute approximate surface area is 132 Å². The lowest BCUT2D eigenvalue weighted by Gasteiger charge is -2.05. The van der Waals surface area contributed by atoms with E-state index in [2.05, 4.69) is 28.1 Å². The van der Waals surface area contributed by atoms with Crippen LogP contribution in [-0.2, 0) is 16.1 Å². The van der Waals surface area contributed by atoms with Gasteiger partial charge in [-0.1, -0.05) is 59.1 Å². The van der Waals surface area contributed by atoms with Crippen molar-refractivity contribution in [2.75, 3.05) is 25.2 Å². The van der Waals surface area contributed by atoms with Crippen molar-refractivity contribution >= 4 is 15.9 Å². The molecule has 114 valence electrons. The van der Waals surface area contributed by atoms with E-state index in [-0.39, 0.29) is 0 Å². The smallest absolute Gasteiger partial charge is 0.0716 e. The minimum absolute atomic E-state index is 0.718. The zero-order valence-corrected chi connectivity index (χ0v) is 13.9. The number of benzene rings is 1. The topological polar surface area (TPSA) is 18.5 Å². The van der Waals surface area contributed by atoms with Crippen molar-refractivity contribution in [3.8, 4) is 0 Å². The fourth-order valence-electron chi connectivity index (χ4n) is 1.93. The zero-order chi connectivity index (χ0) is 14.3. The van der Waals surface area contributed by atoms with Gasteiger partial charge in [-0.05, 0) is 31.2 Å². The van der Waals surface area contributed by atoms with Gasteiger partial charge >= 0.3 is 0 Å². The van der Waals surface area contributed by atoms with E-state index in [0.29, 0.717) is 0 Å². The molecular weight excluding hydrogens is 316 g/mol. The maximum Gasteiger partial charge on any atom is 0.0716 e. The van der Waals surface area contributed by atoms with Crippen molar-refractivity contribution in [1.82, 2.24) is 0 Å². The van der Waals surface area contributed by atoms with Gasteiger partial charge in [0, 0.05) is 25.2 Å². The number of rotatable bonds is 13. The lowest BCUT2D eigenvalue weighted by Crippen LogP contribution is -2.00. The van der Waals surface area contributed by atoms with Gasteiger partial charge in [-0.15, -0.1) is 0 Å². The molecule has 0 unspecified atom stereocenters. The third-order valence-electron chi connectivity index (χ3n) is 3.11. The lowest BCUT2D eigenvalue weighted by atomic mass is 10.2. The second-order valence-corrected chi connectivity index (χ2v) is 5.75. The Hall–Kier alpha value is -0.380. The molecule has 0 heterocycles. The summed E-state index contributed by atoms with van der Waals surface area (Å²) in [5.74, 6) is 0. The Bertz CT molecular complexity index is 303. The number of ether oxygens (including phenoxy) is 2. The monoisotopic (exact) mass is 342 g/mol. The van der Waals surface area contributed by atoms with E-state index in [4.69, 9.17) is 9.47 Å². The summed E-state index contributed by atoms with van der Waals surface area (Å²) in [7, 11) is 0. The maximum absolute atomic E-state index is 5.63. The second-order valence-electron chi connectivity index (χ2n) is 4.96. The lowest BCUT2D eigenvalue weighted by molar-refractivity contribution is 0.0942. The molecule has 0 spiro atoms. The average Bonchev–Trinajstić information content (AvgIpc) is 2.49. The fraction of sp³-hybridized carbons (Fsp3) is 0.647. The van der Waals surface area contributed by atoms with Crippen LogP contribution in [-0.4, -0.2) is 25.2 Å². The summed E-state index contributed by atoms with van der Waals surface area (Å²) >= 11 is 3.45. The zero-order valence-electron chi connectivity index (χ0n) is 12.4. The molecule has 0 aliphatic carbocycles. The summed E-state index contributed by atoms with van der Waals surface area (Å²) in [6.07, 6.45) is 7.23. The predicted molar refractivity (Wildman–Crippen MR) is 88.4 cm³/mol. The minimum atomic E-state index is 0.718. The summed E-state index contributed by atoms with van der Waals surface area (Å²) in [6, 6.07) is 10.3. The van der Waals surface area contributed by atoms with Crippen molar-refractivity contribution in [2.24, 2.45) is 0 Å². The number of hydrogen-bond donors (Lipinski definition) is 0. The minimum Gasteiger partial charge on any atom is -0.381 e. The van der Waals surface area contributed by atoms with Gasteiger partial charge in [0.1, 0.15) is 0 Å². The summed E-state index contributed by atoms with van der Waals surface area (Å²) in [4.78, 5) is 0. The van der Waals surface area contributed by atoms with Crippen LogP contribution in [0.2, 0.25) is 0 Å². The molecule has 1 rings (SSSR count). The van der Waals surface area contributed by atoms with Crippen molar-refractivity contribution in [3.05, 3.63) is 35.9 Å². The molecule has 0 amide bonds. The molecule has 3 heteroatoms. The normalized spacial score (nSPS) is 10.8. The van der Waals surface area contributed by atoms with Gasteiger partial charge in [0.15, 0.2) is 0 Å². The molecule has 0 radical (unpaired) electrons. The first-order valence-electron chi connectivity index (χ1n) is 7.69. The second kappa shape index (κ2) is 13.6. The first-order chi connectivity index (χ1) is 9.93. The third-order valence-corrected chi connectivity index (χ3v) is 3.67. The van der Waals surface area contributed by atoms with Gasteiger partial charge in [0.25, 0.3) is 0 Å².